The molecule has 0 unspecified atom stereocenters. The van der Waals surface area contributed by atoms with Crippen molar-refractivity contribution < 1.29 is 13.9 Å². The maximum absolute atomic E-state index is 10.8. The van der Waals surface area contributed by atoms with E-state index in [0.29, 0.717) is 28.7 Å². The lowest BCUT2D eigenvalue weighted by Gasteiger charge is -2.03. The third kappa shape index (κ3) is 1.79. The highest BCUT2D eigenvalue weighted by Gasteiger charge is 2.09. The van der Waals surface area contributed by atoms with E-state index in [1.165, 1.54) is 7.11 Å². The Kier molecular flexibility index (Phi) is 2.68. The van der Waals surface area contributed by atoms with Crippen LogP contribution in [0.15, 0.2) is 22.6 Å². The second-order valence-electron chi connectivity index (χ2n) is 3.20. The van der Waals surface area contributed by atoms with Crippen LogP contribution in [0.2, 0.25) is 0 Å². The van der Waals surface area contributed by atoms with Gasteiger partial charge < -0.3 is 9.15 Å². The average molecular weight is 218 g/mol. The van der Waals surface area contributed by atoms with E-state index in [-0.39, 0.29) is 0 Å². The van der Waals surface area contributed by atoms with Gasteiger partial charge >= 0.3 is 0 Å². The summed E-state index contributed by atoms with van der Waals surface area (Å²) in [5, 5.41) is 7.60. The Morgan fingerprint density at radius 2 is 2.19 bits per heavy atom. The second-order valence-corrected chi connectivity index (χ2v) is 3.20. The molecule has 0 aliphatic carbocycles. The molecule has 0 N–H and O–H groups in total. The molecule has 2 aromatic rings. The molecule has 0 spiro atoms. The third-order valence-corrected chi connectivity index (χ3v) is 2.13. The molecule has 0 atom stereocenters. The maximum atomic E-state index is 10.8. The molecule has 0 aliphatic heterocycles. The summed E-state index contributed by atoms with van der Waals surface area (Å²) in [6, 6.07) is 5.11. The van der Waals surface area contributed by atoms with Crippen molar-refractivity contribution in [1.29, 1.82) is 0 Å². The summed E-state index contributed by atoms with van der Waals surface area (Å²) in [5.41, 5.74) is 1.15. The number of rotatable bonds is 3. The SMILES string of the molecule is COc1ccc(-c2nnc(C)o2)cc1C=O. The van der Waals surface area contributed by atoms with E-state index in [2.05, 4.69) is 10.2 Å². The lowest BCUT2D eigenvalue weighted by molar-refractivity contribution is 0.112. The minimum atomic E-state index is 0.392. The fourth-order valence-corrected chi connectivity index (χ4v) is 1.37. The normalized spacial score (nSPS) is 10.1. The Hall–Kier alpha value is -2.17. The van der Waals surface area contributed by atoms with Gasteiger partial charge in [-0.25, -0.2) is 0 Å². The molecule has 1 aromatic carbocycles. The molecular formula is C11H10N2O3. The van der Waals surface area contributed by atoms with Crippen molar-refractivity contribution in [3.8, 4) is 17.2 Å². The molecule has 1 aromatic heterocycles. The number of aldehydes is 1. The highest BCUT2D eigenvalue weighted by molar-refractivity contribution is 5.81. The number of benzene rings is 1. The zero-order valence-corrected chi connectivity index (χ0v) is 8.93. The Bertz CT molecular complexity index is 520. The molecule has 82 valence electrons. The van der Waals surface area contributed by atoms with Gasteiger partial charge in [0.05, 0.1) is 12.7 Å². The van der Waals surface area contributed by atoms with E-state index in [1.807, 2.05) is 0 Å². The van der Waals surface area contributed by atoms with Crippen LogP contribution in [-0.2, 0) is 0 Å². The molecule has 0 fully saturated rings. The van der Waals surface area contributed by atoms with Crippen molar-refractivity contribution in [3.05, 3.63) is 29.7 Å². The highest BCUT2D eigenvalue weighted by atomic mass is 16.5. The summed E-state index contributed by atoms with van der Waals surface area (Å²) in [4.78, 5) is 10.8. The van der Waals surface area contributed by atoms with Gasteiger partial charge in [0.15, 0.2) is 6.29 Å². The van der Waals surface area contributed by atoms with Crippen LogP contribution in [0, 0.1) is 6.92 Å². The van der Waals surface area contributed by atoms with Crippen molar-refractivity contribution in [2.24, 2.45) is 0 Å². The molecule has 0 radical (unpaired) electrons. The smallest absolute Gasteiger partial charge is 0.247 e. The minimum absolute atomic E-state index is 0.392. The van der Waals surface area contributed by atoms with Crippen LogP contribution in [-0.4, -0.2) is 23.6 Å². The first-order chi connectivity index (χ1) is 7.74. The quantitative estimate of drug-likeness (QED) is 0.736. The van der Waals surface area contributed by atoms with Gasteiger partial charge in [-0.2, -0.15) is 0 Å². The average Bonchev–Trinajstić information content (AvgIpc) is 2.75. The van der Waals surface area contributed by atoms with Crippen LogP contribution in [0.1, 0.15) is 16.2 Å². The highest BCUT2D eigenvalue weighted by Crippen LogP contribution is 2.24. The van der Waals surface area contributed by atoms with Gasteiger partial charge in [0, 0.05) is 12.5 Å². The Labute approximate surface area is 92.1 Å². The van der Waals surface area contributed by atoms with Gasteiger partial charge in [-0.05, 0) is 18.2 Å². The van der Waals surface area contributed by atoms with E-state index in [0.717, 1.165) is 6.29 Å². The lowest BCUT2D eigenvalue weighted by Crippen LogP contribution is -1.91. The number of hydrogen-bond donors (Lipinski definition) is 0. The Balaban J connectivity index is 2.47. The summed E-state index contributed by atoms with van der Waals surface area (Å²) >= 11 is 0. The Morgan fingerprint density at radius 1 is 1.38 bits per heavy atom. The molecule has 0 saturated heterocycles. The molecule has 0 saturated carbocycles. The first-order valence-electron chi connectivity index (χ1n) is 4.68. The Morgan fingerprint density at radius 3 is 2.75 bits per heavy atom. The van der Waals surface area contributed by atoms with Gasteiger partial charge in [-0.15, -0.1) is 10.2 Å². The molecule has 0 aliphatic rings. The maximum Gasteiger partial charge on any atom is 0.247 e. The van der Waals surface area contributed by atoms with Crippen LogP contribution in [0.3, 0.4) is 0 Å². The number of aryl methyl sites for hydroxylation is 1. The molecule has 0 amide bonds. The second kappa shape index (κ2) is 4.14. The zero-order chi connectivity index (χ0) is 11.5. The van der Waals surface area contributed by atoms with Crippen molar-refractivity contribution in [2.75, 3.05) is 7.11 Å². The van der Waals surface area contributed by atoms with Gasteiger partial charge in [0.25, 0.3) is 0 Å². The van der Waals surface area contributed by atoms with Crippen LogP contribution < -0.4 is 4.74 Å². The minimum Gasteiger partial charge on any atom is -0.496 e. The first-order valence-corrected chi connectivity index (χ1v) is 4.68. The number of hydrogen-bond acceptors (Lipinski definition) is 5. The summed E-state index contributed by atoms with van der Waals surface area (Å²) in [5.74, 6) is 1.40. The number of nitrogens with zero attached hydrogens (tertiary/aromatic N) is 2. The first kappa shape index (κ1) is 10.4. The largest absolute Gasteiger partial charge is 0.496 e. The monoisotopic (exact) mass is 218 g/mol. The topological polar surface area (TPSA) is 65.2 Å². The molecule has 16 heavy (non-hydrogen) atoms. The molecule has 5 heteroatoms. The standard InChI is InChI=1S/C11H10N2O3/c1-7-12-13-11(16-7)8-3-4-10(15-2)9(5-8)6-14/h3-6H,1-2H3. The van der Waals surface area contributed by atoms with Crippen LogP contribution in [0.25, 0.3) is 11.5 Å². The van der Waals surface area contributed by atoms with E-state index < -0.39 is 0 Å². The van der Waals surface area contributed by atoms with E-state index in [1.54, 1.807) is 25.1 Å². The lowest BCUT2D eigenvalue weighted by atomic mass is 10.1. The molecule has 1 heterocycles. The molecular weight excluding hydrogens is 208 g/mol. The van der Waals surface area contributed by atoms with Crippen molar-refractivity contribution in [3.63, 3.8) is 0 Å². The van der Waals surface area contributed by atoms with Crippen molar-refractivity contribution >= 4 is 6.29 Å². The van der Waals surface area contributed by atoms with Crippen LogP contribution >= 0.6 is 0 Å². The predicted octanol–water partition coefficient (Wildman–Crippen LogP) is 1.87. The summed E-state index contributed by atoms with van der Waals surface area (Å²) < 4.78 is 10.3. The van der Waals surface area contributed by atoms with Gasteiger partial charge in [-0.1, -0.05) is 0 Å². The number of methoxy groups -OCH3 is 1. The fraction of sp³-hybridized carbons (Fsp3) is 0.182. The zero-order valence-electron chi connectivity index (χ0n) is 8.93. The third-order valence-electron chi connectivity index (χ3n) is 2.13. The van der Waals surface area contributed by atoms with E-state index >= 15 is 0 Å². The van der Waals surface area contributed by atoms with Crippen molar-refractivity contribution in [1.82, 2.24) is 10.2 Å². The molecule has 5 nitrogen and oxygen atoms in total. The molecule has 0 bridgehead atoms. The van der Waals surface area contributed by atoms with Gasteiger partial charge in [-0.3, -0.25) is 4.79 Å². The van der Waals surface area contributed by atoms with E-state index in [4.69, 9.17) is 9.15 Å². The number of carbonyl (C=O) groups excluding carboxylic acids is 1. The van der Waals surface area contributed by atoms with Crippen LogP contribution in [0.4, 0.5) is 0 Å². The van der Waals surface area contributed by atoms with Gasteiger partial charge in [0.2, 0.25) is 11.8 Å². The predicted molar refractivity (Wildman–Crippen MR) is 56.4 cm³/mol. The summed E-state index contributed by atoms with van der Waals surface area (Å²) in [6.45, 7) is 1.71. The van der Waals surface area contributed by atoms with Gasteiger partial charge in [0.1, 0.15) is 5.75 Å². The fourth-order valence-electron chi connectivity index (χ4n) is 1.37. The number of carbonyl (C=O) groups is 1. The van der Waals surface area contributed by atoms with Crippen molar-refractivity contribution in [2.45, 2.75) is 6.92 Å². The number of aromatic nitrogens is 2. The number of ether oxygens (including phenoxy) is 1. The molecule has 2 rings (SSSR count). The van der Waals surface area contributed by atoms with E-state index in [9.17, 15) is 4.79 Å². The summed E-state index contributed by atoms with van der Waals surface area (Å²) in [6.07, 6.45) is 0.728. The summed E-state index contributed by atoms with van der Waals surface area (Å²) in [7, 11) is 1.51. The van der Waals surface area contributed by atoms with Crippen LogP contribution in [0.5, 0.6) is 5.75 Å².